The van der Waals surface area contributed by atoms with E-state index in [4.69, 9.17) is 37.8 Å². The Morgan fingerprint density at radius 2 is 1.68 bits per heavy atom. The van der Waals surface area contributed by atoms with Crippen LogP contribution in [0, 0.1) is 0 Å². The fourth-order valence-corrected chi connectivity index (χ4v) is 3.64. The molecular weight excluding hydrogens is 498 g/mol. The van der Waals surface area contributed by atoms with Gasteiger partial charge in [0.25, 0.3) is 5.91 Å². The number of hydrogen-bond donors (Lipinski definition) is 1. The summed E-state index contributed by atoms with van der Waals surface area (Å²) in [6.45, 7) is 3.58. The number of carboxylic acid groups (broad SMARTS) is 1. The van der Waals surface area contributed by atoms with Gasteiger partial charge >= 0.3 is 12.1 Å². The SMILES string of the molecule is O=C(O)C(F)(F)F.O=C(c1ccc(Oc2ccc(Cl)c(Cl)c2)cn1)N1CCCN(C2CC2)CC1. The summed E-state index contributed by atoms with van der Waals surface area (Å²) in [5.74, 6) is -1.67. The number of aliphatic carboxylic acids is 1. The maximum Gasteiger partial charge on any atom is 0.490 e. The molecule has 184 valence electrons. The predicted octanol–water partition coefficient (Wildman–Crippen LogP) is 5.12. The van der Waals surface area contributed by atoms with Gasteiger partial charge in [-0.1, -0.05) is 23.2 Å². The smallest absolute Gasteiger partial charge is 0.475 e. The van der Waals surface area contributed by atoms with Gasteiger partial charge in [0, 0.05) is 38.3 Å². The van der Waals surface area contributed by atoms with E-state index in [2.05, 4.69) is 9.88 Å². The van der Waals surface area contributed by atoms with Gasteiger partial charge in [-0.15, -0.1) is 0 Å². The highest BCUT2D eigenvalue weighted by molar-refractivity contribution is 6.42. The number of alkyl halides is 3. The van der Waals surface area contributed by atoms with Crippen molar-refractivity contribution in [1.29, 1.82) is 0 Å². The summed E-state index contributed by atoms with van der Waals surface area (Å²) in [4.78, 5) is 30.4. The standard InChI is InChI=1S/C20H21Cl2N3O2.C2HF3O2/c21-17-6-4-15(12-18(17)22)27-16-5-7-19(23-13-16)20(26)25-9-1-8-24(10-11-25)14-2-3-14;3-2(4,5)1(6)7/h4-7,12-14H,1-3,8-11H2;(H,6,7). The van der Waals surface area contributed by atoms with Gasteiger partial charge in [-0.3, -0.25) is 9.69 Å². The van der Waals surface area contributed by atoms with E-state index in [1.54, 1.807) is 36.5 Å². The molecule has 2 fully saturated rings. The van der Waals surface area contributed by atoms with Gasteiger partial charge in [-0.25, -0.2) is 9.78 Å². The third-order valence-corrected chi connectivity index (χ3v) is 5.94. The van der Waals surface area contributed by atoms with Crippen LogP contribution in [0.5, 0.6) is 11.5 Å². The number of carbonyl (C=O) groups excluding carboxylic acids is 1. The molecule has 1 aromatic heterocycles. The van der Waals surface area contributed by atoms with Crippen molar-refractivity contribution in [3.8, 4) is 11.5 Å². The van der Waals surface area contributed by atoms with E-state index >= 15 is 0 Å². The van der Waals surface area contributed by atoms with E-state index in [1.165, 1.54) is 12.8 Å². The normalized spacial score (nSPS) is 16.8. The number of pyridine rings is 1. The van der Waals surface area contributed by atoms with Gasteiger partial charge in [-0.05, 0) is 43.5 Å². The van der Waals surface area contributed by atoms with Crippen LogP contribution < -0.4 is 4.74 Å². The Kier molecular flexibility index (Phi) is 8.62. The first-order valence-corrected chi connectivity index (χ1v) is 11.2. The fraction of sp³-hybridized carbons (Fsp3) is 0.409. The zero-order valence-corrected chi connectivity index (χ0v) is 19.4. The Labute approximate surface area is 204 Å². The minimum atomic E-state index is -5.08. The molecule has 0 spiro atoms. The predicted molar refractivity (Wildman–Crippen MR) is 120 cm³/mol. The Balaban J connectivity index is 0.000000406. The number of hydrogen-bond acceptors (Lipinski definition) is 5. The lowest BCUT2D eigenvalue weighted by atomic mass is 10.3. The molecule has 7 nitrogen and oxygen atoms in total. The summed E-state index contributed by atoms with van der Waals surface area (Å²) in [6.07, 6.45) is 0.0937. The van der Waals surface area contributed by atoms with Crippen molar-refractivity contribution in [3.63, 3.8) is 0 Å². The number of nitrogens with zero attached hydrogens (tertiary/aromatic N) is 3. The van der Waals surface area contributed by atoms with Gasteiger partial charge in [-0.2, -0.15) is 13.2 Å². The van der Waals surface area contributed by atoms with E-state index in [-0.39, 0.29) is 5.91 Å². The molecular formula is C22H22Cl2F3N3O4. The van der Waals surface area contributed by atoms with E-state index < -0.39 is 12.1 Å². The molecule has 2 aromatic rings. The van der Waals surface area contributed by atoms with Crippen LogP contribution in [-0.2, 0) is 4.79 Å². The molecule has 1 saturated carbocycles. The zero-order valence-electron chi connectivity index (χ0n) is 17.9. The van der Waals surface area contributed by atoms with Crippen molar-refractivity contribution in [2.45, 2.75) is 31.5 Å². The molecule has 0 atom stereocenters. The second-order valence-electron chi connectivity index (χ2n) is 7.77. The lowest BCUT2D eigenvalue weighted by Gasteiger charge is -2.21. The van der Waals surface area contributed by atoms with Gasteiger partial charge in [0.2, 0.25) is 0 Å². The summed E-state index contributed by atoms with van der Waals surface area (Å²) < 4.78 is 37.5. The third-order valence-electron chi connectivity index (χ3n) is 5.21. The van der Waals surface area contributed by atoms with Crippen LogP contribution in [0.4, 0.5) is 13.2 Å². The van der Waals surface area contributed by atoms with E-state index in [9.17, 15) is 18.0 Å². The molecule has 1 saturated heterocycles. The minimum Gasteiger partial charge on any atom is -0.475 e. The maximum absolute atomic E-state index is 12.8. The van der Waals surface area contributed by atoms with Crippen LogP contribution in [0.15, 0.2) is 36.5 Å². The number of rotatable bonds is 4. The maximum atomic E-state index is 12.8. The third kappa shape index (κ3) is 7.48. The van der Waals surface area contributed by atoms with E-state index in [0.29, 0.717) is 27.2 Å². The molecule has 0 radical (unpaired) electrons. The number of halogens is 5. The molecule has 2 heterocycles. The highest BCUT2D eigenvalue weighted by Gasteiger charge is 2.38. The first-order valence-electron chi connectivity index (χ1n) is 10.5. The van der Waals surface area contributed by atoms with Gasteiger partial charge < -0.3 is 14.7 Å². The molecule has 0 unspecified atom stereocenters. The average Bonchev–Trinajstić information content (AvgIpc) is 3.63. The number of carboxylic acids is 1. The molecule has 12 heteroatoms. The number of amides is 1. The first kappa shape index (κ1) is 26.1. The summed E-state index contributed by atoms with van der Waals surface area (Å²) in [5.41, 5.74) is 0.441. The summed E-state index contributed by atoms with van der Waals surface area (Å²) >= 11 is 11.9. The number of ether oxygens (including phenoxy) is 1. The van der Waals surface area contributed by atoms with Gasteiger partial charge in [0.05, 0.1) is 16.2 Å². The second-order valence-corrected chi connectivity index (χ2v) is 8.59. The van der Waals surface area contributed by atoms with Crippen molar-refractivity contribution in [1.82, 2.24) is 14.8 Å². The lowest BCUT2D eigenvalue weighted by molar-refractivity contribution is -0.192. The summed E-state index contributed by atoms with van der Waals surface area (Å²) in [5, 5.41) is 8.02. The number of carbonyl (C=O) groups is 2. The molecule has 0 bridgehead atoms. The van der Waals surface area contributed by atoms with Crippen molar-refractivity contribution in [3.05, 3.63) is 52.3 Å². The van der Waals surface area contributed by atoms with Gasteiger partial charge in [0.15, 0.2) is 0 Å². The molecule has 1 aromatic carbocycles. The highest BCUT2D eigenvalue weighted by atomic mass is 35.5. The Hall–Kier alpha value is -2.56. The largest absolute Gasteiger partial charge is 0.490 e. The van der Waals surface area contributed by atoms with Crippen LogP contribution in [0.25, 0.3) is 0 Å². The minimum absolute atomic E-state index is 0.0197. The van der Waals surface area contributed by atoms with Crippen molar-refractivity contribution < 1.29 is 32.6 Å². The molecule has 4 rings (SSSR count). The Bertz CT molecular complexity index is 1020. The number of aromatic nitrogens is 1. The average molecular weight is 520 g/mol. The quantitative estimate of drug-likeness (QED) is 0.603. The molecule has 1 aliphatic heterocycles. The number of benzene rings is 1. The van der Waals surface area contributed by atoms with Crippen LogP contribution in [0.1, 0.15) is 29.8 Å². The van der Waals surface area contributed by atoms with Crippen molar-refractivity contribution in [2.75, 3.05) is 26.2 Å². The Morgan fingerprint density at radius 3 is 2.24 bits per heavy atom. The molecule has 1 aliphatic carbocycles. The zero-order chi connectivity index (χ0) is 24.9. The summed E-state index contributed by atoms with van der Waals surface area (Å²) in [7, 11) is 0. The van der Waals surface area contributed by atoms with Crippen molar-refractivity contribution in [2.24, 2.45) is 0 Å². The highest BCUT2D eigenvalue weighted by Crippen LogP contribution is 2.30. The van der Waals surface area contributed by atoms with Crippen LogP contribution in [0.2, 0.25) is 10.0 Å². The molecule has 1 N–H and O–H groups in total. The molecule has 1 amide bonds. The van der Waals surface area contributed by atoms with Crippen LogP contribution in [0.3, 0.4) is 0 Å². The first-order chi connectivity index (χ1) is 16.0. The fourth-order valence-electron chi connectivity index (χ4n) is 3.35. The second kappa shape index (κ2) is 11.2. The van der Waals surface area contributed by atoms with E-state index in [1.807, 2.05) is 4.90 Å². The monoisotopic (exact) mass is 519 g/mol. The van der Waals surface area contributed by atoms with Crippen LogP contribution >= 0.6 is 23.2 Å². The Morgan fingerprint density at radius 1 is 1.00 bits per heavy atom. The molecule has 2 aliphatic rings. The van der Waals surface area contributed by atoms with E-state index in [0.717, 1.165) is 38.6 Å². The molecule has 34 heavy (non-hydrogen) atoms. The lowest BCUT2D eigenvalue weighted by Crippen LogP contribution is -2.36. The van der Waals surface area contributed by atoms with Gasteiger partial charge in [0.1, 0.15) is 17.2 Å². The van der Waals surface area contributed by atoms with Crippen molar-refractivity contribution >= 4 is 35.1 Å². The summed E-state index contributed by atoms with van der Waals surface area (Å²) in [6, 6.07) is 9.25. The van der Waals surface area contributed by atoms with Crippen LogP contribution in [-0.4, -0.2) is 70.2 Å². The topological polar surface area (TPSA) is 83.0 Å².